The summed E-state index contributed by atoms with van der Waals surface area (Å²) in [5.41, 5.74) is 4.84. The van der Waals surface area contributed by atoms with E-state index >= 15 is 0 Å². The van der Waals surface area contributed by atoms with Crippen molar-refractivity contribution < 1.29 is 8.42 Å². The van der Waals surface area contributed by atoms with Crippen LogP contribution in [0, 0.1) is 20.8 Å². The average Bonchev–Trinajstić information content (AvgIpc) is 2.79. The zero-order valence-corrected chi connectivity index (χ0v) is 14.2. The number of rotatable bonds is 2. The molecule has 3 nitrogen and oxygen atoms in total. The molecule has 0 bridgehead atoms. The van der Waals surface area contributed by atoms with E-state index in [0.29, 0.717) is 4.90 Å². The van der Waals surface area contributed by atoms with Gasteiger partial charge in [0.15, 0.2) is 0 Å². The molecule has 0 spiro atoms. The second-order valence-corrected chi connectivity index (χ2v) is 7.97. The Morgan fingerprint density at radius 2 is 1.64 bits per heavy atom. The van der Waals surface area contributed by atoms with E-state index in [0.717, 1.165) is 34.4 Å². The van der Waals surface area contributed by atoms with E-state index in [9.17, 15) is 8.42 Å². The summed E-state index contributed by atoms with van der Waals surface area (Å²) in [6, 6.07) is 11.5. The molecule has 3 rings (SSSR count). The number of anilines is 1. The third-order valence-electron chi connectivity index (χ3n) is 4.47. The molecule has 0 aliphatic carbocycles. The van der Waals surface area contributed by atoms with Crippen LogP contribution in [0.15, 0.2) is 41.3 Å². The zero-order chi connectivity index (χ0) is 16.1. The van der Waals surface area contributed by atoms with E-state index in [-0.39, 0.29) is 6.04 Å². The van der Waals surface area contributed by atoms with Crippen LogP contribution >= 0.6 is 0 Å². The van der Waals surface area contributed by atoms with Crippen molar-refractivity contribution in [1.82, 2.24) is 0 Å². The van der Waals surface area contributed by atoms with E-state index in [2.05, 4.69) is 0 Å². The second-order valence-electron chi connectivity index (χ2n) is 6.18. The van der Waals surface area contributed by atoms with Crippen LogP contribution in [0.5, 0.6) is 0 Å². The molecule has 116 valence electrons. The number of sulfonamides is 1. The molecular formula is C18H21NO2S. The first kappa shape index (κ1) is 15.1. The summed E-state index contributed by atoms with van der Waals surface area (Å²) < 4.78 is 28.0. The minimum Gasteiger partial charge on any atom is -0.263 e. The minimum absolute atomic E-state index is 0.0524. The molecule has 2 aromatic carbocycles. The molecule has 0 N–H and O–H groups in total. The van der Waals surface area contributed by atoms with Crippen LogP contribution in [0.3, 0.4) is 0 Å². The molecule has 4 heteroatoms. The zero-order valence-electron chi connectivity index (χ0n) is 13.4. The molecule has 1 aliphatic rings. The standard InChI is InChI=1S/C18H21NO2S/c1-12-9-14(3)18(10-13(12)2)22(20,21)19-15(4)11-16-7-5-6-8-17(16)19/h5-10,15H,11H2,1-4H3. The highest BCUT2D eigenvalue weighted by Crippen LogP contribution is 2.37. The molecule has 0 fully saturated rings. The smallest absolute Gasteiger partial charge is 0.263 e. The van der Waals surface area contributed by atoms with E-state index in [1.54, 1.807) is 10.4 Å². The van der Waals surface area contributed by atoms with Gasteiger partial charge in [0.05, 0.1) is 10.6 Å². The maximum absolute atomic E-state index is 13.2. The highest BCUT2D eigenvalue weighted by atomic mass is 32.2. The summed E-state index contributed by atoms with van der Waals surface area (Å²) in [6.45, 7) is 7.79. The average molecular weight is 315 g/mol. The maximum atomic E-state index is 13.2. The molecule has 1 heterocycles. The number of benzene rings is 2. The first-order valence-corrected chi connectivity index (χ1v) is 8.96. The van der Waals surface area contributed by atoms with Gasteiger partial charge >= 0.3 is 0 Å². The normalized spacial score (nSPS) is 17.6. The van der Waals surface area contributed by atoms with Gasteiger partial charge in [0, 0.05) is 6.04 Å². The van der Waals surface area contributed by atoms with Crippen molar-refractivity contribution in [1.29, 1.82) is 0 Å². The van der Waals surface area contributed by atoms with Crippen molar-refractivity contribution in [3.63, 3.8) is 0 Å². The van der Waals surface area contributed by atoms with Gasteiger partial charge in [0.2, 0.25) is 0 Å². The molecule has 1 unspecified atom stereocenters. The molecule has 0 saturated heterocycles. The van der Waals surface area contributed by atoms with Crippen molar-refractivity contribution in [2.24, 2.45) is 0 Å². The van der Waals surface area contributed by atoms with Crippen molar-refractivity contribution in [2.45, 2.75) is 45.1 Å². The molecule has 1 atom stereocenters. The number of fused-ring (bicyclic) bond motifs is 1. The Morgan fingerprint density at radius 1 is 1.00 bits per heavy atom. The van der Waals surface area contributed by atoms with Crippen LogP contribution in [-0.4, -0.2) is 14.5 Å². The lowest BCUT2D eigenvalue weighted by Gasteiger charge is -2.25. The molecule has 0 amide bonds. The topological polar surface area (TPSA) is 37.4 Å². The summed E-state index contributed by atoms with van der Waals surface area (Å²) in [5.74, 6) is 0. The van der Waals surface area contributed by atoms with Crippen LogP contribution in [-0.2, 0) is 16.4 Å². The molecular weight excluding hydrogens is 294 g/mol. The van der Waals surface area contributed by atoms with Crippen molar-refractivity contribution in [2.75, 3.05) is 4.31 Å². The Labute approximate surface area is 132 Å². The summed E-state index contributed by atoms with van der Waals surface area (Å²) >= 11 is 0. The summed E-state index contributed by atoms with van der Waals surface area (Å²) in [6.07, 6.45) is 0.763. The van der Waals surface area contributed by atoms with E-state index in [1.807, 2.05) is 58.0 Å². The molecule has 1 aliphatic heterocycles. The SMILES string of the molecule is Cc1cc(C)c(S(=O)(=O)N2c3ccccc3CC2C)cc1C. The van der Waals surface area contributed by atoms with Gasteiger partial charge in [0.25, 0.3) is 10.0 Å². The minimum atomic E-state index is -3.54. The van der Waals surface area contributed by atoms with E-state index in [1.165, 1.54) is 0 Å². The van der Waals surface area contributed by atoms with E-state index < -0.39 is 10.0 Å². The lowest BCUT2D eigenvalue weighted by molar-refractivity contribution is 0.583. The molecule has 0 radical (unpaired) electrons. The quantitative estimate of drug-likeness (QED) is 0.846. The first-order valence-electron chi connectivity index (χ1n) is 7.52. The van der Waals surface area contributed by atoms with Gasteiger partial charge in [-0.3, -0.25) is 4.31 Å². The molecule has 0 aromatic heterocycles. The van der Waals surface area contributed by atoms with Gasteiger partial charge in [-0.2, -0.15) is 0 Å². The number of para-hydroxylation sites is 1. The van der Waals surface area contributed by atoms with Gasteiger partial charge in [-0.25, -0.2) is 8.42 Å². The largest absolute Gasteiger partial charge is 0.264 e. The highest BCUT2D eigenvalue weighted by molar-refractivity contribution is 7.93. The van der Waals surface area contributed by atoms with Crippen LogP contribution in [0.25, 0.3) is 0 Å². The van der Waals surface area contributed by atoms with Crippen molar-refractivity contribution in [3.05, 3.63) is 58.7 Å². The summed E-state index contributed by atoms with van der Waals surface area (Å²) in [4.78, 5) is 0.416. The highest BCUT2D eigenvalue weighted by Gasteiger charge is 2.36. The Balaban J connectivity index is 2.17. The Bertz CT molecular complexity index is 840. The number of hydrogen-bond donors (Lipinski definition) is 0. The Morgan fingerprint density at radius 3 is 2.36 bits per heavy atom. The first-order chi connectivity index (χ1) is 10.3. The number of aryl methyl sites for hydroxylation is 3. The molecule has 0 saturated carbocycles. The van der Waals surface area contributed by atoms with E-state index in [4.69, 9.17) is 0 Å². The molecule has 22 heavy (non-hydrogen) atoms. The van der Waals surface area contributed by atoms with Crippen LogP contribution in [0.2, 0.25) is 0 Å². The van der Waals surface area contributed by atoms with Crippen LogP contribution in [0.1, 0.15) is 29.2 Å². The number of hydrogen-bond acceptors (Lipinski definition) is 2. The monoisotopic (exact) mass is 315 g/mol. The van der Waals surface area contributed by atoms with Crippen LogP contribution < -0.4 is 4.31 Å². The van der Waals surface area contributed by atoms with Crippen molar-refractivity contribution in [3.8, 4) is 0 Å². The maximum Gasteiger partial charge on any atom is 0.264 e. The van der Waals surface area contributed by atoms with Crippen molar-refractivity contribution >= 4 is 15.7 Å². The second kappa shape index (κ2) is 5.13. The Hall–Kier alpha value is -1.81. The lowest BCUT2D eigenvalue weighted by atomic mass is 10.1. The number of nitrogens with zero attached hydrogens (tertiary/aromatic N) is 1. The predicted octanol–water partition coefficient (Wildman–Crippen LogP) is 3.75. The summed E-state index contributed by atoms with van der Waals surface area (Å²) in [5, 5.41) is 0. The van der Waals surface area contributed by atoms with Gasteiger partial charge < -0.3 is 0 Å². The molecule has 2 aromatic rings. The fourth-order valence-corrected chi connectivity index (χ4v) is 5.21. The van der Waals surface area contributed by atoms with Gasteiger partial charge in [-0.05, 0) is 68.5 Å². The third kappa shape index (κ3) is 2.22. The third-order valence-corrected chi connectivity index (χ3v) is 6.54. The summed E-state index contributed by atoms with van der Waals surface area (Å²) in [7, 11) is -3.54. The Kier molecular flexibility index (Phi) is 3.52. The fraction of sp³-hybridized carbons (Fsp3) is 0.333. The van der Waals surface area contributed by atoms with Gasteiger partial charge in [-0.1, -0.05) is 24.3 Å². The lowest BCUT2D eigenvalue weighted by Crippen LogP contribution is -2.36. The van der Waals surface area contributed by atoms with Gasteiger partial charge in [-0.15, -0.1) is 0 Å². The van der Waals surface area contributed by atoms with Gasteiger partial charge in [0.1, 0.15) is 0 Å². The fourth-order valence-electron chi connectivity index (χ4n) is 3.22. The predicted molar refractivity (Wildman–Crippen MR) is 89.9 cm³/mol. The van der Waals surface area contributed by atoms with Crippen LogP contribution in [0.4, 0.5) is 5.69 Å².